The first-order valence-corrected chi connectivity index (χ1v) is 8.42. The molecule has 132 valence electrons. The van der Waals surface area contributed by atoms with Crippen LogP contribution in [0.1, 0.15) is 10.4 Å². The van der Waals surface area contributed by atoms with E-state index in [-0.39, 0.29) is 5.56 Å². The molecule has 1 amide bonds. The number of halogens is 2. The van der Waals surface area contributed by atoms with Gasteiger partial charge in [-0.15, -0.1) is 0 Å². The Morgan fingerprint density at radius 1 is 1.23 bits per heavy atom. The number of nitrogens with one attached hydrogen (secondary N) is 1. The molecule has 0 aliphatic rings. The quantitative estimate of drug-likeness (QED) is 0.618. The van der Waals surface area contributed by atoms with Crippen molar-refractivity contribution in [2.24, 2.45) is 0 Å². The molecule has 3 aromatic rings. The summed E-state index contributed by atoms with van der Waals surface area (Å²) in [6, 6.07) is 6.46. The predicted molar refractivity (Wildman–Crippen MR) is 97.2 cm³/mol. The van der Waals surface area contributed by atoms with Crippen molar-refractivity contribution < 1.29 is 14.3 Å². The molecule has 2 heterocycles. The average molecular weight is 437 g/mol. The number of ether oxygens (including phenoxy) is 1. The zero-order valence-electron chi connectivity index (χ0n) is 13.1. The molecular weight excluding hydrogens is 426 g/mol. The van der Waals surface area contributed by atoms with Crippen molar-refractivity contribution in [3.63, 3.8) is 0 Å². The zero-order chi connectivity index (χ0) is 18.5. The average Bonchev–Trinajstić information content (AvgIpc) is 3.14. The number of carbonyl (C=O) groups excluding carboxylic acids is 2. The highest BCUT2D eigenvalue weighted by molar-refractivity contribution is 9.10. The lowest BCUT2D eigenvalue weighted by Gasteiger charge is -2.11. The molecule has 3 rings (SSSR count). The molecule has 0 spiro atoms. The summed E-state index contributed by atoms with van der Waals surface area (Å²) in [6.45, 7) is -0.464. The molecule has 8 nitrogen and oxygen atoms in total. The highest BCUT2D eigenvalue weighted by Gasteiger charge is 2.14. The van der Waals surface area contributed by atoms with Gasteiger partial charge in [0.15, 0.2) is 6.61 Å². The fourth-order valence-electron chi connectivity index (χ4n) is 2.06. The highest BCUT2D eigenvalue weighted by atomic mass is 79.9. The van der Waals surface area contributed by atoms with Crippen LogP contribution in [0.5, 0.6) is 0 Å². The molecule has 0 aliphatic carbocycles. The number of anilines is 1. The molecule has 0 saturated heterocycles. The molecule has 0 aliphatic heterocycles. The summed E-state index contributed by atoms with van der Waals surface area (Å²) < 4.78 is 7.11. The monoisotopic (exact) mass is 435 g/mol. The molecule has 0 radical (unpaired) electrons. The standard InChI is InChI=1S/C16H11BrClN5O3/c17-11-3-10(5-19-6-11)16(25)26-7-15(24)22-13-4-12(18)1-2-14(13)23-9-20-8-21-23/h1-6,8-9H,7H2,(H,22,24). The van der Waals surface area contributed by atoms with Crippen molar-refractivity contribution >= 4 is 45.1 Å². The third-order valence-electron chi connectivity index (χ3n) is 3.17. The minimum Gasteiger partial charge on any atom is -0.452 e. The van der Waals surface area contributed by atoms with E-state index in [2.05, 4.69) is 36.3 Å². The smallest absolute Gasteiger partial charge is 0.340 e. The lowest BCUT2D eigenvalue weighted by Crippen LogP contribution is -2.22. The van der Waals surface area contributed by atoms with Gasteiger partial charge in [-0.1, -0.05) is 11.6 Å². The summed E-state index contributed by atoms with van der Waals surface area (Å²) in [5.41, 5.74) is 1.22. The first-order valence-electron chi connectivity index (χ1n) is 7.25. The van der Waals surface area contributed by atoms with Gasteiger partial charge in [-0.05, 0) is 40.2 Å². The second-order valence-corrected chi connectivity index (χ2v) is 6.37. The molecule has 26 heavy (non-hydrogen) atoms. The van der Waals surface area contributed by atoms with Crippen LogP contribution in [0.4, 0.5) is 5.69 Å². The van der Waals surface area contributed by atoms with Gasteiger partial charge in [0.2, 0.25) is 0 Å². The van der Waals surface area contributed by atoms with Crippen molar-refractivity contribution in [2.75, 3.05) is 11.9 Å². The molecule has 0 atom stereocenters. The summed E-state index contributed by atoms with van der Waals surface area (Å²) in [5.74, 6) is -1.18. The van der Waals surface area contributed by atoms with Gasteiger partial charge in [0.05, 0.1) is 16.9 Å². The normalized spacial score (nSPS) is 10.4. The van der Waals surface area contributed by atoms with Gasteiger partial charge < -0.3 is 10.1 Å². The number of rotatable bonds is 5. The second kappa shape index (κ2) is 8.07. The Morgan fingerprint density at radius 3 is 2.81 bits per heavy atom. The summed E-state index contributed by atoms with van der Waals surface area (Å²) in [4.78, 5) is 31.8. The lowest BCUT2D eigenvalue weighted by molar-refractivity contribution is -0.119. The summed E-state index contributed by atoms with van der Waals surface area (Å²) in [6.07, 6.45) is 5.74. The van der Waals surface area contributed by atoms with Gasteiger partial charge in [0, 0.05) is 21.9 Å². The molecule has 0 unspecified atom stereocenters. The van der Waals surface area contributed by atoms with E-state index in [1.54, 1.807) is 24.3 Å². The Balaban J connectivity index is 1.67. The van der Waals surface area contributed by atoms with E-state index in [1.807, 2.05) is 0 Å². The summed E-state index contributed by atoms with van der Waals surface area (Å²) in [7, 11) is 0. The zero-order valence-corrected chi connectivity index (χ0v) is 15.4. The van der Waals surface area contributed by atoms with Crippen LogP contribution in [-0.2, 0) is 9.53 Å². The van der Waals surface area contributed by atoms with Gasteiger partial charge in [-0.25, -0.2) is 14.5 Å². The van der Waals surface area contributed by atoms with Crippen molar-refractivity contribution in [3.05, 3.63) is 64.4 Å². The van der Waals surface area contributed by atoms with Crippen molar-refractivity contribution in [3.8, 4) is 5.69 Å². The molecular formula is C16H11BrClN5O3. The van der Waals surface area contributed by atoms with Crippen LogP contribution in [0, 0.1) is 0 Å². The van der Waals surface area contributed by atoms with Crippen LogP contribution in [0.25, 0.3) is 5.69 Å². The third-order valence-corrected chi connectivity index (χ3v) is 3.84. The van der Waals surface area contributed by atoms with E-state index in [0.717, 1.165) is 0 Å². The van der Waals surface area contributed by atoms with E-state index in [0.29, 0.717) is 20.9 Å². The van der Waals surface area contributed by atoms with E-state index in [9.17, 15) is 9.59 Å². The SMILES string of the molecule is O=C(COC(=O)c1cncc(Br)c1)Nc1cc(Cl)ccc1-n1cncn1. The Labute approximate surface area is 161 Å². The third kappa shape index (κ3) is 4.44. The van der Waals surface area contributed by atoms with Crippen molar-refractivity contribution in [1.29, 1.82) is 0 Å². The van der Waals surface area contributed by atoms with E-state index in [4.69, 9.17) is 16.3 Å². The van der Waals surface area contributed by atoms with Crippen LogP contribution in [-0.4, -0.2) is 38.2 Å². The minimum absolute atomic E-state index is 0.234. The summed E-state index contributed by atoms with van der Waals surface area (Å²) in [5, 5.41) is 7.10. The second-order valence-electron chi connectivity index (χ2n) is 5.02. The number of hydrogen-bond donors (Lipinski definition) is 1. The largest absolute Gasteiger partial charge is 0.452 e. The fourth-order valence-corrected chi connectivity index (χ4v) is 2.60. The van der Waals surface area contributed by atoms with Crippen molar-refractivity contribution in [2.45, 2.75) is 0 Å². The topological polar surface area (TPSA) is 99.0 Å². The molecule has 0 saturated carbocycles. The van der Waals surface area contributed by atoms with Gasteiger partial charge >= 0.3 is 5.97 Å². The minimum atomic E-state index is -0.656. The van der Waals surface area contributed by atoms with Crippen LogP contribution in [0.15, 0.2) is 53.8 Å². The molecule has 1 N–H and O–H groups in total. The Kier molecular flexibility index (Phi) is 5.59. The number of aromatic nitrogens is 4. The number of pyridine rings is 1. The Bertz CT molecular complexity index is 949. The Morgan fingerprint density at radius 2 is 2.08 bits per heavy atom. The van der Waals surface area contributed by atoms with E-state index >= 15 is 0 Å². The summed E-state index contributed by atoms with van der Waals surface area (Å²) >= 11 is 9.20. The number of carbonyl (C=O) groups is 2. The van der Waals surface area contributed by atoms with Gasteiger partial charge in [0.1, 0.15) is 12.7 Å². The van der Waals surface area contributed by atoms with Crippen LogP contribution >= 0.6 is 27.5 Å². The first-order chi connectivity index (χ1) is 12.5. The lowest BCUT2D eigenvalue weighted by atomic mass is 10.2. The molecule has 10 heteroatoms. The van der Waals surface area contributed by atoms with Crippen LogP contribution in [0.2, 0.25) is 5.02 Å². The molecule has 0 bridgehead atoms. The number of amides is 1. The highest BCUT2D eigenvalue weighted by Crippen LogP contribution is 2.23. The van der Waals surface area contributed by atoms with Gasteiger partial charge in [-0.3, -0.25) is 9.78 Å². The first kappa shape index (κ1) is 18.0. The van der Waals surface area contributed by atoms with Gasteiger partial charge in [-0.2, -0.15) is 5.10 Å². The van der Waals surface area contributed by atoms with E-state index < -0.39 is 18.5 Å². The number of esters is 1. The maximum absolute atomic E-state index is 12.1. The van der Waals surface area contributed by atoms with Crippen molar-refractivity contribution in [1.82, 2.24) is 19.7 Å². The Hall–Kier alpha value is -2.78. The van der Waals surface area contributed by atoms with Crippen LogP contribution < -0.4 is 5.32 Å². The van der Waals surface area contributed by atoms with Gasteiger partial charge in [0.25, 0.3) is 5.91 Å². The van der Waals surface area contributed by atoms with E-state index in [1.165, 1.54) is 29.7 Å². The molecule has 2 aromatic heterocycles. The van der Waals surface area contributed by atoms with Crippen LogP contribution in [0.3, 0.4) is 0 Å². The molecule has 1 aromatic carbocycles. The maximum Gasteiger partial charge on any atom is 0.340 e. The predicted octanol–water partition coefficient (Wildman–Crippen LogP) is 2.87. The number of hydrogen-bond acceptors (Lipinski definition) is 6. The number of nitrogens with zero attached hydrogens (tertiary/aromatic N) is 4. The molecule has 0 fully saturated rings. The number of benzene rings is 1. The maximum atomic E-state index is 12.1. The fraction of sp³-hybridized carbons (Fsp3) is 0.0625.